The van der Waals surface area contributed by atoms with E-state index in [0.29, 0.717) is 29.4 Å². The number of phenols is 1. The van der Waals surface area contributed by atoms with Crippen LogP contribution in [0.25, 0.3) is 22.6 Å². The second-order valence-electron chi connectivity index (χ2n) is 12.3. The first-order valence-corrected chi connectivity index (χ1v) is 17.8. The van der Waals surface area contributed by atoms with Crippen LogP contribution in [0.4, 0.5) is 5.69 Å². The lowest BCUT2D eigenvalue weighted by molar-refractivity contribution is 0.302. The average Bonchev–Trinajstić information content (AvgIpc) is 3.50. The van der Waals surface area contributed by atoms with Crippen LogP contribution in [0.3, 0.4) is 0 Å². The number of nitrogens with zero attached hydrogens (tertiary/aromatic N) is 2. The van der Waals surface area contributed by atoms with Crippen LogP contribution in [0, 0.1) is 0 Å². The van der Waals surface area contributed by atoms with Gasteiger partial charge in [-0.2, -0.15) is 0 Å². The highest BCUT2D eigenvalue weighted by atomic mass is 16.5. The summed E-state index contributed by atoms with van der Waals surface area (Å²) in [5.41, 5.74) is 3.68. The van der Waals surface area contributed by atoms with Crippen LogP contribution in [0.2, 0.25) is 0 Å². The van der Waals surface area contributed by atoms with Gasteiger partial charge in [-0.25, -0.2) is 4.98 Å². The number of phenolic OH excluding ortho intramolecular Hbond substituents is 1. The SMILES string of the molecule is CCCCCCCCCCCCOc1ccc(-c2nc3cc(N=Cc4ccc(OCCCCCCCC)cc4O)ccc3o2)cc1. The van der Waals surface area contributed by atoms with Crippen LogP contribution in [0.5, 0.6) is 17.2 Å². The Balaban J connectivity index is 1.20. The summed E-state index contributed by atoms with van der Waals surface area (Å²) in [6.07, 6.45) is 22.1. The Hall–Kier alpha value is -3.80. The van der Waals surface area contributed by atoms with Crippen molar-refractivity contribution in [3.63, 3.8) is 0 Å². The zero-order chi connectivity index (χ0) is 32.2. The molecule has 0 saturated carbocycles. The number of benzene rings is 3. The van der Waals surface area contributed by atoms with E-state index in [4.69, 9.17) is 18.9 Å². The van der Waals surface area contributed by atoms with E-state index in [1.807, 2.05) is 54.6 Å². The van der Waals surface area contributed by atoms with Gasteiger partial charge in [-0.05, 0) is 67.4 Å². The van der Waals surface area contributed by atoms with E-state index >= 15 is 0 Å². The zero-order valence-corrected chi connectivity index (χ0v) is 28.1. The second-order valence-corrected chi connectivity index (χ2v) is 12.3. The smallest absolute Gasteiger partial charge is 0.227 e. The predicted molar refractivity (Wildman–Crippen MR) is 191 cm³/mol. The predicted octanol–water partition coefficient (Wildman–Crippen LogP) is 12.0. The van der Waals surface area contributed by atoms with Gasteiger partial charge in [0.25, 0.3) is 0 Å². The van der Waals surface area contributed by atoms with Crippen molar-refractivity contribution >= 4 is 23.0 Å². The van der Waals surface area contributed by atoms with Crippen LogP contribution < -0.4 is 9.47 Å². The molecule has 6 heteroatoms. The maximum Gasteiger partial charge on any atom is 0.227 e. The molecule has 1 heterocycles. The summed E-state index contributed by atoms with van der Waals surface area (Å²) in [7, 11) is 0. The molecule has 0 fully saturated rings. The molecule has 0 unspecified atom stereocenters. The number of ether oxygens (including phenoxy) is 2. The third-order valence-electron chi connectivity index (χ3n) is 8.36. The fraction of sp³-hybridized carbons (Fsp3) is 0.500. The van der Waals surface area contributed by atoms with E-state index in [2.05, 4.69) is 18.8 Å². The fourth-order valence-corrected chi connectivity index (χ4v) is 5.53. The molecule has 0 spiro atoms. The highest BCUT2D eigenvalue weighted by Gasteiger charge is 2.10. The summed E-state index contributed by atoms with van der Waals surface area (Å²) in [5, 5.41) is 10.5. The van der Waals surface area contributed by atoms with Crippen molar-refractivity contribution in [2.75, 3.05) is 13.2 Å². The third kappa shape index (κ3) is 12.2. The van der Waals surface area contributed by atoms with Crippen molar-refractivity contribution < 1.29 is 19.0 Å². The maximum absolute atomic E-state index is 10.5. The Morgan fingerprint density at radius 2 is 1.22 bits per heavy atom. The molecule has 0 bridgehead atoms. The molecule has 1 aromatic heterocycles. The van der Waals surface area contributed by atoms with Gasteiger partial charge in [0, 0.05) is 23.4 Å². The van der Waals surface area contributed by atoms with E-state index in [9.17, 15) is 5.11 Å². The van der Waals surface area contributed by atoms with Crippen molar-refractivity contribution in [1.82, 2.24) is 4.98 Å². The fourth-order valence-electron chi connectivity index (χ4n) is 5.53. The van der Waals surface area contributed by atoms with Crippen LogP contribution in [-0.4, -0.2) is 29.5 Å². The van der Waals surface area contributed by atoms with E-state index in [-0.39, 0.29) is 5.75 Å². The summed E-state index contributed by atoms with van der Waals surface area (Å²) in [5.74, 6) is 2.25. The van der Waals surface area contributed by atoms with Gasteiger partial charge in [0.15, 0.2) is 5.58 Å². The first-order chi connectivity index (χ1) is 22.7. The van der Waals surface area contributed by atoms with Crippen LogP contribution in [-0.2, 0) is 0 Å². The maximum atomic E-state index is 10.5. The van der Waals surface area contributed by atoms with E-state index in [1.165, 1.54) is 89.9 Å². The molecule has 3 aromatic carbocycles. The standard InChI is InChI=1S/C40H54N2O4/c1-3-5-7-9-11-12-13-14-16-17-27-44-35-23-19-32(20-24-35)40-42-37-29-34(22-26-39(37)46-40)41-31-33-21-25-36(30-38(33)43)45-28-18-15-10-8-6-4-2/h19-26,29-31,43H,3-18,27-28H2,1-2H3. The van der Waals surface area contributed by atoms with Gasteiger partial charge in [-0.3, -0.25) is 4.99 Å². The van der Waals surface area contributed by atoms with Crippen molar-refractivity contribution in [3.05, 3.63) is 66.2 Å². The molecule has 46 heavy (non-hydrogen) atoms. The molecule has 0 atom stereocenters. The van der Waals surface area contributed by atoms with Gasteiger partial charge in [0.2, 0.25) is 5.89 Å². The molecular weight excluding hydrogens is 572 g/mol. The Labute approximate surface area is 276 Å². The quantitative estimate of drug-likeness (QED) is 0.0654. The third-order valence-corrected chi connectivity index (χ3v) is 8.36. The molecular formula is C40H54N2O4. The molecule has 248 valence electrons. The molecule has 1 N–H and O–H groups in total. The van der Waals surface area contributed by atoms with Crippen molar-refractivity contribution in [1.29, 1.82) is 0 Å². The van der Waals surface area contributed by atoms with Gasteiger partial charge in [0.05, 0.1) is 18.9 Å². The summed E-state index contributed by atoms with van der Waals surface area (Å²) in [6.45, 7) is 5.91. The van der Waals surface area contributed by atoms with E-state index in [0.717, 1.165) is 42.0 Å². The van der Waals surface area contributed by atoms with Gasteiger partial charge < -0.3 is 19.0 Å². The second kappa shape index (κ2) is 20.3. The van der Waals surface area contributed by atoms with E-state index < -0.39 is 0 Å². The van der Waals surface area contributed by atoms with E-state index in [1.54, 1.807) is 12.3 Å². The normalized spacial score (nSPS) is 11.5. The van der Waals surface area contributed by atoms with Crippen LogP contribution >= 0.6 is 0 Å². The summed E-state index contributed by atoms with van der Waals surface area (Å²) in [4.78, 5) is 9.27. The summed E-state index contributed by atoms with van der Waals surface area (Å²) < 4.78 is 17.8. The summed E-state index contributed by atoms with van der Waals surface area (Å²) >= 11 is 0. The Morgan fingerprint density at radius 3 is 1.83 bits per heavy atom. The first kappa shape index (κ1) is 35.1. The number of fused-ring (bicyclic) bond motifs is 1. The lowest BCUT2D eigenvalue weighted by Gasteiger charge is -2.07. The molecule has 6 nitrogen and oxygen atoms in total. The number of hydrogen-bond acceptors (Lipinski definition) is 6. The molecule has 0 radical (unpaired) electrons. The molecule has 4 rings (SSSR count). The summed E-state index contributed by atoms with van der Waals surface area (Å²) in [6, 6.07) is 18.9. The number of aromatic hydroxyl groups is 1. The van der Waals surface area contributed by atoms with Crippen molar-refractivity contribution in [2.24, 2.45) is 4.99 Å². The zero-order valence-electron chi connectivity index (χ0n) is 28.1. The number of hydrogen-bond donors (Lipinski definition) is 1. The topological polar surface area (TPSA) is 77.1 Å². The average molecular weight is 627 g/mol. The molecule has 0 aliphatic heterocycles. The first-order valence-electron chi connectivity index (χ1n) is 17.8. The number of unbranched alkanes of at least 4 members (excludes halogenated alkanes) is 14. The monoisotopic (exact) mass is 626 g/mol. The molecule has 0 aliphatic carbocycles. The van der Waals surface area contributed by atoms with Crippen LogP contribution in [0.15, 0.2) is 70.1 Å². The number of rotatable bonds is 23. The molecule has 0 amide bonds. The molecule has 4 aromatic rings. The molecule has 0 aliphatic rings. The lowest BCUT2D eigenvalue weighted by Crippen LogP contribution is -1.97. The van der Waals surface area contributed by atoms with Gasteiger partial charge in [0.1, 0.15) is 22.8 Å². The van der Waals surface area contributed by atoms with Crippen molar-refractivity contribution in [3.8, 4) is 28.7 Å². The highest BCUT2D eigenvalue weighted by Crippen LogP contribution is 2.29. The van der Waals surface area contributed by atoms with Crippen molar-refractivity contribution in [2.45, 2.75) is 117 Å². The molecule has 0 saturated heterocycles. The minimum absolute atomic E-state index is 0.143. The Kier molecular flexibility index (Phi) is 15.5. The van der Waals surface area contributed by atoms with Gasteiger partial charge >= 0.3 is 0 Å². The lowest BCUT2D eigenvalue weighted by atomic mass is 10.1. The van der Waals surface area contributed by atoms with Crippen LogP contribution in [0.1, 0.15) is 122 Å². The highest BCUT2D eigenvalue weighted by molar-refractivity contribution is 5.87. The minimum Gasteiger partial charge on any atom is -0.507 e. The Bertz CT molecular complexity index is 1440. The minimum atomic E-state index is 0.143. The number of aliphatic imine (C=N–C) groups is 1. The Morgan fingerprint density at radius 1 is 0.652 bits per heavy atom. The van der Waals surface area contributed by atoms with Gasteiger partial charge in [-0.15, -0.1) is 0 Å². The largest absolute Gasteiger partial charge is 0.507 e. The number of oxazole rings is 1. The number of aromatic nitrogens is 1. The van der Waals surface area contributed by atoms with Gasteiger partial charge in [-0.1, -0.05) is 104 Å².